The van der Waals surface area contributed by atoms with E-state index in [4.69, 9.17) is 5.73 Å². The third-order valence-electron chi connectivity index (χ3n) is 3.95. The van der Waals surface area contributed by atoms with Crippen LogP contribution < -0.4 is 10.5 Å². The lowest BCUT2D eigenvalue weighted by molar-refractivity contribution is -0.274. The molecular formula is C15H21F3N2O. The zero-order valence-corrected chi connectivity index (χ0v) is 12.1. The number of hydrogen-bond acceptors (Lipinski definition) is 3. The first kappa shape index (κ1) is 16.1. The molecule has 6 heteroatoms. The zero-order valence-electron chi connectivity index (χ0n) is 12.1. The van der Waals surface area contributed by atoms with Gasteiger partial charge >= 0.3 is 6.36 Å². The number of likely N-dealkylation sites (tertiary alicyclic amines) is 1. The highest BCUT2D eigenvalue weighted by Crippen LogP contribution is 2.31. The molecule has 3 nitrogen and oxygen atoms in total. The maximum absolute atomic E-state index is 12.3. The highest BCUT2D eigenvalue weighted by Gasteiger charge is 2.32. The van der Waals surface area contributed by atoms with Crippen LogP contribution in [0.5, 0.6) is 5.75 Å². The third kappa shape index (κ3) is 4.35. The van der Waals surface area contributed by atoms with Crippen LogP contribution in [0.3, 0.4) is 0 Å². The van der Waals surface area contributed by atoms with Gasteiger partial charge in [-0.15, -0.1) is 13.2 Å². The SMILES string of the molecule is CC1CCCCN1C(CN)c1cccc(OC(F)(F)F)c1. The van der Waals surface area contributed by atoms with Gasteiger partial charge in [0.25, 0.3) is 0 Å². The van der Waals surface area contributed by atoms with Gasteiger partial charge in [0.15, 0.2) is 0 Å². The van der Waals surface area contributed by atoms with Gasteiger partial charge in [0, 0.05) is 18.6 Å². The average molecular weight is 302 g/mol. The Kier molecular flexibility index (Phi) is 5.11. The minimum Gasteiger partial charge on any atom is -0.406 e. The second-order valence-electron chi connectivity index (χ2n) is 5.45. The number of nitrogens with two attached hydrogens (primary N) is 1. The first-order valence-electron chi connectivity index (χ1n) is 7.22. The highest BCUT2D eigenvalue weighted by molar-refractivity contribution is 5.31. The molecule has 0 bridgehead atoms. The lowest BCUT2D eigenvalue weighted by Gasteiger charge is -2.39. The van der Waals surface area contributed by atoms with E-state index in [9.17, 15) is 13.2 Å². The van der Waals surface area contributed by atoms with Gasteiger partial charge in [0.1, 0.15) is 5.75 Å². The second kappa shape index (κ2) is 6.66. The molecule has 2 atom stereocenters. The van der Waals surface area contributed by atoms with Crippen molar-refractivity contribution in [3.8, 4) is 5.75 Å². The van der Waals surface area contributed by atoms with Crippen LogP contribution >= 0.6 is 0 Å². The van der Waals surface area contributed by atoms with Crippen molar-refractivity contribution in [1.29, 1.82) is 0 Å². The molecule has 1 heterocycles. The van der Waals surface area contributed by atoms with Crippen molar-refractivity contribution in [3.63, 3.8) is 0 Å². The van der Waals surface area contributed by atoms with Gasteiger partial charge in [0.05, 0.1) is 0 Å². The number of halogens is 3. The zero-order chi connectivity index (χ0) is 15.5. The molecule has 0 spiro atoms. The number of piperidine rings is 1. The van der Waals surface area contributed by atoms with Crippen molar-refractivity contribution in [2.75, 3.05) is 13.1 Å². The Labute approximate surface area is 122 Å². The van der Waals surface area contributed by atoms with Crippen molar-refractivity contribution in [2.45, 2.75) is 44.6 Å². The monoisotopic (exact) mass is 302 g/mol. The summed E-state index contributed by atoms with van der Waals surface area (Å²) in [5, 5.41) is 0. The van der Waals surface area contributed by atoms with E-state index in [1.54, 1.807) is 6.07 Å². The van der Waals surface area contributed by atoms with Crippen LogP contribution in [0.4, 0.5) is 13.2 Å². The van der Waals surface area contributed by atoms with Gasteiger partial charge in [-0.25, -0.2) is 0 Å². The van der Waals surface area contributed by atoms with E-state index in [2.05, 4.69) is 16.6 Å². The maximum Gasteiger partial charge on any atom is 0.573 e. The molecule has 2 unspecified atom stereocenters. The van der Waals surface area contributed by atoms with Crippen LogP contribution in [-0.4, -0.2) is 30.4 Å². The topological polar surface area (TPSA) is 38.5 Å². The summed E-state index contributed by atoms with van der Waals surface area (Å²) in [6, 6.07) is 6.45. The highest BCUT2D eigenvalue weighted by atomic mass is 19.4. The van der Waals surface area contributed by atoms with Crippen LogP contribution in [0, 0.1) is 0 Å². The lowest BCUT2D eigenvalue weighted by Crippen LogP contribution is -2.43. The number of nitrogens with zero attached hydrogens (tertiary/aromatic N) is 1. The molecule has 1 aliphatic rings. The van der Waals surface area contributed by atoms with Gasteiger partial charge in [-0.1, -0.05) is 18.6 Å². The van der Waals surface area contributed by atoms with Gasteiger partial charge in [-0.3, -0.25) is 4.90 Å². The average Bonchev–Trinajstić information content (AvgIpc) is 2.40. The quantitative estimate of drug-likeness (QED) is 0.925. The van der Waals surface area contributed by atoms with Crippen LogP contribution in [0.2, 0.25) is 0 Å². The normalized spacial score (nSPS) is 22.0. The molecule has 1 aromatic carbocycles. The third-order valence-corrected chi connectivity index (χ3v) is 3.95. The molecule has 2 N–H and O–H groups in total. The predicted octanol–water partition coefficient (Wildman–Crippen LogP) is 3.46. The smallest absolute Gasteiger partial charge is 0.406 e. The van der Waals surface area contributed by atoms with E-state index >= 15 is 0 Å². The van der Waals surface area contributed by atoms with Gasteiger partial charge in [0.2, 0.25) is 0 Å². The molecule has 1 saturated heterocycles. The van der Waals surface area contributed by atoms with Crippen molar-refractivity contribution in [3.05, 3.63) is 29.8 Å². The summed E-state index contributed by atoms with van der Waals surface area (Å²) in [5.41, 5.74) is 6.64. The lowest BCUT2D eigenvalue weighted by atomic mass is 9.97. The second-order valence-corrected chi connectivity index (χ2v) is 5.45. The molecule has 1 aliphatic heterocycles. The summed E-state index contributed by atoms with van der Waals surface area (Å²) in [5.74, 6) is -0.192. The molecule has 0 saturated carbocycles. The fourth-order valence-corrected chi connectivity index (χ4v) is 2.97. The minimum atomic E-state index is -4.67. The first-order chi connectivity index (χ1) is 9.90. The van der Waals surface area contributed by atoms with Crippen LogP contribution in [0.15, 0.2) is 24.3 Å². The number of hydrogen-bond donors (Lipinski definition) is 1. The summed E-state index contributed by atoms with van der Waals surface area (Å²) < 4.78 is 40.9. The fourth-order valence-electron chi connectivity index (χ4n) is 2.97. The summed E-state index contributed by atoms with van der Waals surface area (Å²) in [6.45, 7) is 3.44. The molecule has 0 aromatic heterocycles. The molecule has 0 aliphatic carbocycles. The predicted molar refractivity (Wildman–Crippen MR) is 74.9 cm³/mol. The van der Waals surface area contributed by atoms with E-state index in [1.165, 1.54) is 18.6 Å². The Balaban J connectivity index is 2.19. The van der Waals surface area contributed by atoms with Crippen LogP contribution in [0.1, 0.15) is 37.8 Å². The molecule has 2 rings (SSSR count). The van der Waals surface area contributed by atoms with Gasteiger partial charge in [-0.2, -0.15) is 0 Å². The van der Waals surface area contributed by atoms with Gasteiger partial charge < -0.3 is 10.5 Å². The Morgan fingerprint density at radius 3 is 2.76 bits per heavy atom. The summed E-state index contributed by atoms with van der Waals surface area (Å²) in [4.78, 5) is 2.27. The van der Waals surface area contributed by atoms with Crippen molar-refractivity contribution in [2.24, 2.45) is 5.73 Å². The number of ether oxygens (including phenoxy) is 1. The van der Waals surface area contributed by atoms with Crippen LogP contribution in [-0.2, 0) is 0 Å². The molecule has 21 heavy (non-hydrogen) atoms. The van der Waals surface area contributed by atoms with E-state index in [-0.39, 0.29) is 11.8 Å². The number of alkyl halides is 3. The summed E-state index contributed by atoms with van der Waals surface area (Å²) in [7, 11) is 0. The Morgan fingerprint density at radius 2 is 2.14 bits per heavy atom. The first-order valence-corrected chi connectivity index (χ1v) is 7.22. The van der Waals surface area contributed by atoms with Crippen molar-refractivity contribution < 1.29 is 17.9 Å². The Bertz CT molecular complexity index is 464. The molecular weight excluding hydrogens is 281 g/mol. The fraction of sp³-hybridized carbons (Fsp3) is 0.600. The molecule has 0 radical (unpaired) electrons. The minimum absolute atomic E-state index is 0.0721. The largest absolute Gasteiger partial charge is 0.573 e. The molecule has 118 valence electrons. The van der Waals surface area contributed by atoms with E-state index in [0.29, 0.717) is 12.6 Å². The molecule has 1 fully saturated rings. The van der Waals surface area contributed by atoms with Gasteiger partial charge in [-0.05, 0) is 44.0 Å². The number of rotatable bonds is 4. The number of benzene rings is 1. The maximum atomic E-state index is 12.3. The Morgan fingerprint density at radius 1 is 1.38 bits per heavy atom. The van der Waals surface area contributed by atoms with Crippen LogP contribution in [0.25, 0.3) is 0 Å². The standard InChI is InChI=1S/C15H21F3N2O/c1-11-5-2-3-8-20(11)14(10-19)12-6-4-7-13(9-12)21-15(16,17)18/h4,6-7,9,11,14H,2-3,5,8,10,19H2,1H3. The summed E-state index contributed by atoms with van der Waals surface area (Å²) in [6.07, 6.45) is -1.30. The summed E-state index contributed by atoms with van der Waals surface area (Å²) >= 11 is 0. The van der Waals surface area contributed by atoms with Crippen molar-refractivity contribution in [1.82, 2.24) is 4.90 Å². The van der Waals surface area contributed by atoms with E-state index < -0.39 is 6.36 Å². The van der Waals surface area contributed by atoms with E-state index in [0.717, 1.165) is 24.9 Å². The Hall–Kier alpha value is -1.27. The molecule has 1 aromatic rings. The van der Waals surface area contributed by atoms with E-state index in [1.807, 2.05) is 6.07 Å². The molecule has 0 amide bonds. The van der Waals surface area contributed by atoms with Crippen molar-refractivity contribution >= 4 is 0 Å².